The van der Waals surface area contributed by atoms with E-state index in [2.05, 4.69) is 9.88 Å². The van der Waals surface area contributed by atoms with Crippen LogP contribution in [-0.2, 0) is 14.3 Å². The van der Waals surface area contributed by atoms with Crippen LogP contribution in [0, 0.1) is 6.92 Å². The fourth-order valence-corrected chi connectivity index (χ4v) is 4.47. The predicted octanol–water partition coefficient (Wildman–Crippen LogP) is 2.54. The van der Waals surface area contributed by atoms with Gasteiger partial charge in [-0.25, -0.2) is 0 Å². The number of aliphatic hydroxyl groups excluding tert-OH is 1. The number of amides is 1. The van der Waals surface area contributed by atoms with Crippen LogP contribution >= 0.6 is 0 Å². The molecule has 4 rings (SSSR count). The molecule has 2 aliphatic rings. The molecule has 0 radical (unpaired) electrons. The lowest BCUT2D eigenvalue weighted by atomic mass is 9.94. The molecule has 2 aromatic rings. The molecule has 2 fully saturated rings. The van der Waals surface area contributed by atoms with Gasteiger partial charge in [-0.1, -0.05) is 0 Å². The number of aromatic nitrogens is 1. The van der Waals surface area contributed by atoms with Gasteiger partial charge in [-0.15, -0.1) is 0 Å². The number of pyridine rings is 1. The maximum Gasteiger partial charge on any atom is 0.295 e. The summed E-state index contributed by atoms with van der Waals surface area (Å²) in [5.41, 5.74) is 2.09. The fraction of sp³-hybridized carbons (Fsp3) is 0.400. The van der Waals surface area contributed by atoms with E-state index in [1.54, 1.807) is 54.7 Å². The van der Waals surface area contributed by atoms with E-state index in [0.717, 1.165) is 37.2 Å². The van der Waals surface area contributed by atoms with Crippen LogP contribution in [0.2, 0.25) is 0 Å². The molecule has 1 aromatic carbocycles. The number of methoxy groups -OCH3 is 1. The minimum atomic E-state index is -0.670. The molecule has 0 spiro atoms. The minimum Gasteiger partial charge on any atom is -0.507 e. The molecule has 0 aliphatic carbocycles. The monoisotopic (exact) mass is 451 g/mol. The maximum atomic E-state index is 13.1. The number of hydrogen-bond acceptors (Lipinski definition) is 7. The highest BCUT2D eigenvalue weighted by Crippen LogP contribution is 2.40. The summed E-state index contributed by atoms with van der Waals surface area (Å²) in [6.45, 7) is 6.20. The Morgan fingerprint density at radius 2 is 1.88 bits per heavy atom. The molecule has 33 heavy (non-hydrogen) atoms. The third-order valence-electron chi connectivity index (χ3n) is 6.23. The molecule has 1 atom stereocenters. The summed E-state index contributed by atoms with van der Waals surface area (Å²) >= 11 is 0. The zero-order valence-corrected chi connectivity index (χ0v) is 19.0. The second kappa shape index (κ2) is 10.1. The smallest absolute Gasteiger partial charge is 0.295 e. The number of carbonyl (C=O) groups is 2. The second-order valence-electron chi connectivity index (χ2n) is 8.26. The Hall–Kier alpha value is -3.23. The molecule has 2 aliphatic heterocycles. The lowest BCUT2D eigenvalue weighted by Gasteiger charge is -2.29. The van der Waals surface area contributed by atoms with Gasteiger partial charge in [0.1, 0.15) is 11.5 Å². The first-order chi connectivity index (χ1) is 16.0. The Morgan fingerprint density at radius 3 is 2.55 bits per heavy atom. The number of morpholine rings is 1. The zero-order valence-electron chi connectivity index (χ0n) is 19.0. The Labute approximate surface area is 193 Å². The molecule has 3 heterocycles. The molecule has 8 nitrogen and oxygen atoms in total. The number of carbonyl (C=O) groups excluding carboxylic acids is 2. The Kier molecular flexibility index (Phi) is 7.05. The lowest BCUT2D eigenvalue weighted by Crippen LogP contribution is -2.38. The highest BCUT2D eigenvalue weighted by molar-refractivity contribution is 6.46. The van der Waals surface area contributed by atoms with E-state index in [1.165, 1.54) is 0 Å². The average Bonchev–Trinajstić information content (AvgIpc) is 3.10. The summed E-state index contributed by atoms with van der Waals surface area (Å²) in [5.74, 6) is -0.785. The number of rotatable bonds is 7. The molecular formula is C25H29N3O5. The van der Waals surface area contributed by atoms with Gasteiger partial charge in [0.05, 0.1) is 31.9 Å². The van der Waals surface area contributed by atoms with Gasteiger partial charge >= 0.3 is 0 Å². The van der Waals surface area contributed by atoms with Crippen molar-refractivity contribution in [3.05, 3.63) is 65.0 Å². The zero-order chi connectivity index (χ0) is 23.4. The number of aliphatic hydroxyl groups is 1. The van der Waals surface area contributed by atoms with Gasteiger partial charge in [0.15, 0.2) is 0 Å². The van der Waals surface area contributed by atoms with Gasteiger partial charge in [-0.2, -0.15) is 0 Å². The first-order valence-corrected chi connectivity index (χ1v) is 11.1. The molecule has 1 aromatic heterocycles. The van der Waals surface area contributed by atoms with E-state index in [-0.39, 0.29) is 11.3 Å². The van der Waals surface area contributed by atoms with Crippen LogP contribution in [0.1, 0.15) is 29.2 Å². The Balaban J connectivity index is 1.67. The van der Waals surface area contributed by atoms with Crippen LogP contribution in [-0.4, -0.2) is 78.1 Å². The van der Waals surface area contributed by atoms with Crippen molar-refractivity contribution in [2.24, 2.45) is 0 Å². The molecule has 2 saturated heterocycles. The average molecular weight is 452 g/mol. The minimum absolute atomic E-state index is 0.103. The lowest BCUT2D eigenvalue weighted by molar-refractivity contribution is -0.140. The highest BCUT2D eigenvalue weighted by Gasteiger charge is 2.45. The molecule has 0 bridgehead atoms. The predicted molar refractivity (Wildman–Crippen MR) is 123 cm³/mol. The summed E-state index contributed by atoms with van der Waals surface area (Å²) in [4.78, 5) is 34.1. The first-order valence-electron chi connectivity index (χ1n) is 11.1. The molecule has 174 valence electrons. The molecular weight excluding hydrogens is 422 g/mol. The summed E-state index contributed by atoms with van der Waals surface area (Å²) < 4.78 is 10.6. The second-order valence-corrected chi connectivity index (χ2v) is 8.26. The molecule has 0 saturated carbocycles. The molecule has 1 N–H and O–H groups in total. The Bertz CT molecular complexity index is 1050. The number of nitrogens with zero attached hydrogens (tertiary/aromatic N) is 3. The van der Waals surface area contributed by atoms with E-state index < -0.39 is 17.7 Å². The molecule has 8 heteroatoms. The van der Waals surface area contributed by atoms with Gasteiger partial charge in [-0.3, -0.25) is 19.5 Å². The largest absolute Gasteiger partial charge is 0.507 e. The van der Waals surface area contributed by atoms with Crippen molar-refractivity contribution in [3.8, 4) is 5.75 Å². The highest BCUT2D eigenvalue weighted by atomic mass is 16.5. The quantitative estimate of drug-likeness (QED) is 0.393. The standard InChI is InChI=1S/C25H29N3O5/c1-17-16-19(32-2)4-5-20(17)23(29)21-22(18-6-8-26-9-7-18)28(25(31)24(21)30)11-3-10-27-12-14-33-15-13-27/h4-9,16,22,29H,3,10-15H2,1-2H3/b23-21+/t22-/m1/s1. The molecule has 1 amide bonds. The third-order valence-corrected chi connectivity index (χ3v) is 6.23. The van der Waals surface area contributed by atoms with E-state index >= 15 is 0 Å². The number of aryl methyl sites for hydroxylation is 1. The van der Waals surface area contributed by atoms with E-state index in [9.17, 15) is 14.7 Å². The summed E-state index contributed by atoms with van der Waals surface area (Å²) in [6.07, 6.45) is 3.97. The normalized spacial score (nSPS) is 20.9. The van der Waals surface area contributed by atoms with E-state index in [4.69, 9.17) is 9.47 Å². The molecule has 0 unspecified atom stereocenters. The number of Topliss-reactive ketones (excluding diaryl/α,β-unsaturated/α-hetero) is 1. The number of likely N-dealkylation sites (tertiary alicyclic amines) is 1. The van der Waals surface area contributed by atoms with E-state index in [0.29, 0.717) is 31.1 Å². The van der Waals surface area contributed by atoms with Gasteiger partial charge in [0, 0.05) is 44.1 Å². The Morgan fingerprint density at radius 1 is 1.15 bits per heavy atom. The van der Waals surface area contributed by atoms with Crippen molar-refractivity contribution in [2.75, 3.05) is 46.5 Å². The summed E-state index contributed by atoms with van der Waals surface area (Å²) in [7, 11) is 1.57. The van der Waals surface area contributed by atoms with Crippen LogP contribution < -0.4 is 4.74 Å². The third kappa shape index (κ3) is 4.77. The number of ether oxygens (including phenoxy) is 2. The topological polar surface area (TPSA) is 92.2 Å². The van der Waals surface area contributed by atoms with Crippen molar-refractivity contribution in [1.82, 2.24) is 14.8 Å². The van der Waals surface area contributed by atoms with E-state index in [1.807, 2.05) is 6.92 Å². The van der Waals surface area contributed by atoms with Crippen molar-refractivity contribution >= 4 is 17.4 Å². The summed E-state index contributed by atoms with van der Waals surface area (Å²) in [6, 6.07) is 8.11. The number of ketones is 1. The number of benzene rings is 1. The van der Waals surface area contributed by atoms with Crippen LogP contribution in [0.15, 0.2) is 48.3 Å². The maximum absolute atomic E-state index is 13.1. The van der Waals surface area contributed by atoms with Crippen molar-refractivity contribution in [1.29, 1.82) is 0 Å². The van der Waals surface area contributed by atoms with Crippen LogP contribution in [0.4, 0.5) is 0 Å². The van der Waals surface area contributed by atoms with Gasteiger partial charge in [0.25, 0.3) is 11.7 Å². The van der Waals surface area contributed by atoms with Gasteiger partial charge in [-0.05, 0) is 54.8 Å². The van der Waals surface area contributed by atoms with Crippen LogP contribution in [0.3, 0.4) is 0 Å². The van der Waals surface area contributed by atoms with Gasteiger partial charge in [0.2, 0.25) is 0 Å². The van der Waals surface area contributed by atoms with Crippen LogP contribution in [0.5, 0.6) is 5.75 Å². The number of hydrogen-bond donors (Lipinski definition) is 1. The van der Waals surface area contributed by atoms with Gasteiger partial charge < -0.3 is 19.5 Å². The van der Waals surface area contributed by atoms with Crippen molar-refractivity contribution in [3.63, 3.8) is 0 Å². The summed E-state index contributed by atoms with van der Waals surface area (Å²) in [5, 5.41) is 11.2. The fourth-order valence-electron chi connectivity index (χ4n) is 4.47. The van der Waals surface area contributed by atoms with Crippen LogP contribution in [0.25, 0.3) is 5.76 Å². The van der Waals surface area contributed by atoms with Crippen molar-refractivity contribution in [2.45, 2.75) is 19.4 Å². The SMILES string of the molecule is COc1ccc(/C(O)=C2\C(=O)C(=O)N(CCCN3CCOCC3)[C@@H]2c2ccncc2)c(C)c1. The van der Waals surface area contributed by atoms with Crippen molar-refractivity contribution < 1.29 is 24.2 Å². The first kappa shape index (κ1) is 22.9.